The van der Waals surface area contributed by atoms with Crippen LogP contribution in [0.2, 0.25) is 0 Å². The third-order valence-corrected chi connectivity index (χ3v) is 3.30. The first-order valence-electron chi connectivity index (χ1n) is 6.25. The highest BCUT2D eigenvalue weighted by molar-refractivity contribution is 5.69. The number of esters is 1. The quantitative estimate of drug-likeness (QED) is 0.791. The number of aliphatic hydroxyl groups is 2. The average Bonchev–Trinajstić information content (AvgIpc) is 2.43. The van der Waals surface area contributed by atoms with E-state index in [4.69, 9.17) is 4.74 Å². The summed E-state index contributed by atoms with van der Waals surface area (Å²) in [7, 11) is 1.31. The maximum Gasteiger partial charge on any atom is 0.308 e. The zero-order valence-corrected chi connectivity index (χ0v) is 10.7. The Bertz CT molecular complexity index is 419. The molecule has 0 spiro atoms. The summed E-state index contributed by atoms with van der Waals surface area (Å²) >= 11 is 0. The second-order valence-corrected chi connectivity index (χ2v) is 4.66. The van der Waals surface area contributed by atoms with Gasteiger partial charge in [0.15, 0.2) is 0 Å². The fraction of sp³-hybridized carbons (Fsp3) is 0.500. The standard InChI is InChI=1S/C14H18O5/c1-18-12(16)8-10-7-11(15)13(17)14(19-10)9-5-3-2-4-6-9/h2-6,10-11,13-15,17H,7-8H2,1H3/t10-,11+,13+,14+/m1/s1. The minimum absolute atomic E-state index is 0.0730. The van der Waals surface area contributed by atoms with Crippen LogP contribution in [0, 0.1) is 0 Å². The van der Waals surface area contributed by atoms with Gasteiger partial charge in [-0.3, -0.25) is 4.79 Å². The van der Waals surface area contributed by atoms with Crippen LogP contribution < -0.4 is 0 Å². The Balaban J connectivity index is 2.11. The van der Waals surface area contributed by atoms with E-state index in [1.54, 1.807) is 0 Å². The van der Waals surface area contributed by atoms with E-state index in [0.29, 0.717) is 0 Å². The van der Waals surface area contributed by atoms with Crippen LogP contribution in [0.1, 0.15) is 24.5 Å². The third kappa shape index (κ3) is 3.32. The van der Waals surface area contributed by atoms with Crippen molar-refractivity contribution in [1.82, 2.24) is 0 Å². The van der Waals surface area contributed by atoms with Crippen molar-refractivity contribution in [2.75, 3.05) is 7.11 Å². The molecule has 1 aliphatic rings. The summed E-state index contributed by atoms with van der Waals surface area (Å²) in [6.45, 7) is 0. The molecule has 0 radical (unpaired) electrons. The smallest absolute Gasteiger partial charge is 0.308 e. The Morgan fingerprint density at radius 1 is 1.37 bits per heavy atom. The number of rotatable bonds is 3. The Morgan fingerprint density at radius 2 is 2.05 bits per heavy atom. The Labute approximate surface area is 111 Å². The van der Waals surface area contributed by atoms with Crippen LogP contribution in [-0.4, -0.2) is 41.6 Å². The van der Waals surface area contributed by atoms with Gasteiger partial charge in [0, 0.05) is 6.42 Å². The highest BCUT2D eigenvalue weighted by Gasteiger charge is 2.38. The molecule has 2 N–H and O–H groups in total. The molecule has 4 atom stereocenters. The molecular weight excluding hydrogens is 248 g/mol. The van der Waals surface area contributed by atoms with Gasteiger partial charge in [-0.1, -0.05) is 30.3 Å². The monoisotopic (exact) mass is 266 g/mol. The van der Waals surface area contributed by atoms with Crippen molar-refractivity contribution in [3.63, 3.8) is 0 Å². The first-order chi connectivity index (χ1) is 9.11. The molecule has 104 valence electrons. The minimum atomic E-state index is -0.990. The number of hydrogen-bond donors (Lipinski definition) is 2. The molecule has 2 rings (SSSR count). The molecule has 0 bridgehead atoms. The maximum atomic E-state index is 11.3. The number of hydrogen-bond acceptors (Lipinski definition) is 5. The van der Waals surface area contributed by atoms with Gasteiger partial charge >= 0.3 is 5.97 Å². The van der Waals surface area contributed by atoms with Crippen molar-refractivity contribution in [3.8, 4) is 0 Å². The van der Waals surface area contributed by atoms with Gasteiger partial charge in [-0.25, -0.2) is 0 Å². The summed E-state index contributed by atoms with van der Waals surface area (Å²) in [5.74, 6) is -0.389. The molecule has 0 saturated carbocycles. The molecule has 0 unspecified atom stereocenters. The Morgan fingerprint density at radius 3 is 2.68 bits per heavy atom. The molecule has 0 aromatic heterocycles. The zero-order chi connectivity index (χ0) is 13.8. The van der Waals surface area contributed by atoms with Gasteiger partial charge in [0.05, 0.1) is 25.7 Å². The molecular formula is C14H18O5. The van der Waals surface area contributed by atoms with Crippen molar-refractivity contribution >= 4 is 5.97 Å². The van der Waals surface area contributed by atoms with Crippen molar-refractivity contribution in [3.05, 3.63) is 35.9 Å². The summed E-state index contributed by atoms with van der Waals surface area (Å²) in [4.78, 5) is 11.3. The summed E-state index contributed by atoms with van der Waals surface area (Å²) in [5.41, 5.74) is 0.781. The summed E-state index contributed by atoms with van der Waals surface area (Å²) in [5, 5.41) is 19.9. The molecule has 19 heavy (non-hydrogen) atoms. The van der Waals surface area contributed by atoms with Crippen molar-refractivity contribution in [2.45, 2.75) is 37.3 Å². The van der Waals surface area contributed by atoms with Gasteiger partial charge in [0.2, 0.25) is 0 Å². The lowest BCUT2D eigenvalue weighted by atomic mass is 9.92. The topological polar surface area (TPSA) is 76.0 Å². The van der Waals surface area contributed by atoms with Gasteiger partial charge in [-0.15, -0.1) is 0 Å². The Hall–Kier alpha value is -1.43. The van der Waals surface area contributed by atoms with E-state index in [1.165, 1.54) is 7.11 Å². The van der Waals surface area contributed by atoms with E-state index < -0.39 is 24.4 Å². The molecule has 5 nitrogen and oxygen atoms in total. The molecule has 1 aromatic carbocycles. The van der Waals surface area contributed by atoms with E-state index in [-0.39, 0.29) is 18.8 Å². The van der Waals surface area contributed by atoms with Gasteiger partial charge in [0.25, 0.3) is 0 Å². The lowest BCUT2D eigenvalue weighted by Gasteiger charge is -2.37. The summed E-state index contributed by atoms with van der Waals surface area (Å²) < 4.78 is 10.3. The van der Waals surface area contributed by atoms with Crippen LogP contribution in [0.3, 0.4) is 0 Å². The van der Waals surface area contributed by atoms with E-state index in [0.717, 1.165) is 5.56 Å². The van der Waals surface area contributed by atoms with Crippen LogP contribution in [-0.2, 0) is 14.3 Å². The molecule has 1 saturated heterocycles. The fourth-order valence-electron chi connectivity index (χ4n) is 2.27. The molecule has 1 heterocycles. The lowest BCUT2D eigenvalue weighted by Crippen LogP contribution is -2.44. The first kappa shape index (κ1) is 14.0. The lowest BCUT2D eigenvalue weighted by molar-refractivity contribution is -0.179. The summed E-state index contributed by atoms with van der Waals surface area (Å²) in [6.07, 6.45) is -2.68. The van der Waals surface area contributed by atoms with Crippen LogP contribution in [0.5, 0.6) is 0 Å². The van der Waals surface area contributed by atoms with Crippen molar-refractivity contribution < 1.29 is 24.5 Å². The van der Waals surface area contributed by atoms with E-state index >= 15 is 0 Å². The number of carbonyl (C=O) groups excluding carboxylic acids is 1. The van der Waals surface area contributed by atoms with E-state index in [2.05, 4.69) is 4.74 Å². The van der Waals surface area contributed by atoms with Crippen molar-refractivity contribution in [2.24, 2.45) is 0 Å². The first-order valence-corrected chi connectivity index (χ1v) is 6.25. The van der Waals surface area contributed by atoms with Gasteiger partial charge < -0.3 is 19.7 Å². The molecule has 0 amide bonds. The molecule has 1 aliphatic heterocycles. The Kier molecular flexibility index (Phi) is 4.52. The van der Waals surface area contributed by atoms with Gasteiger partial charge in [-0.2, -0.15) is 0 Å². The fourth-order valence-corrected chi connectivity index (χ4v) is 2.27. The van der Waals surface area contributed by atoms with Gasteiger partial charge in [0.1, 0.15) is 12.2 Å². The van der Waals surface area contributed by atoms with Crippen LogP contribution in [0.4, 0.5) is 0 Å². The number of ether oxygens (including phenoxy) is 2. The van der Waals surface area contributed by atoms with Crippen LogP contribution in [0.15, 0.2) is 30.3 Å². The predicted octanol–water partition coefficient (Wildman–Crippen LogP) is 0.801. The minimum Gasteiger partial charge on any atom is -0.469 e. The molecule has 0 aliphatic carbocycles. The SMILES string of the molecule is COC(=O)C[C@H]1C[C@H](O)[C@H](O)[C@H](c2ccccc2)O1. The largest absolute Gasteiger partial charge is 0.469 e. The predicted molar refractivity (Wildman–Crippen MR) is 67.3 cm³/mol. The molecule has 1 aromatic rings. The highest BCUT2D eigenvalue weighted by atomic mass is 16.5. The highest BCUT2D eigenvalue weighted by Crippen LogP contribution is 2.33. The second kappa shape index (κ2) is 6.14. The third-order valence-electron chi connectivity index (χ3n) is 3.30. The zero-order valence-electron chi connectivity index (χ0n) is 10.7. The molecule has 1 fully saturated rings. The number of benzene rings is 1. The van der Waals surface area contributed by atoms with Gasteiger partial charge in [-0.05, 0) is 5.56 Å². The number of aliphatic hydroxyl groups excluding tert-OH is 2. The maximum absolute atomic E-state index is 11.3. The summed E-state index contributed by atoms with van der Waals surface area (Å²) in [6, 6.07) is 9.17. The number of methoxy groups -OCH3 is 1. The van der Waals surface area contributed by atoms with Crippen LogP contribution >= 0.6 is 0 Å². The molecule has 5 heteroatoms. The van der Waals surface area contributed by atoms with E-state index in [9.17, 15) is 15.0 Å². The van der Waals surface area contributed by atoms with Crippen LogP contribution in [0.25, 0.3) is 0 Å². The number of carbonyl (C=O) groups is 1. The normalized spacial score (nSPS) is 30.9. The van der Waals surface area contributed by atoms with Crippen molar-refractivity contribution in [1.29, 1.82) is 0 Å². The van der Waals surface area contributed by atoms with E-state index in [1.807, 2.05) is 30.3 Å². The average molecular weight is 266 g/mol. The second-order valence-electron chi connectivity index (χ2n) is 4.66.